The first-order chi connectivity index (χ1) is 9.04. The number of aromatic carboxylic acids is 1. The number of aliphatic hydroxyl groups excluding tert-OH is 1. The number of carbonyl (C=O) groups is 1. The Balaban J connectivity index is 2.57. The van der Waals surface area contributed by atoms with Crippen molar-refractivity contribution < 1.29 is 15.0 Å². The zero-order valence-electron chi connectivity index (χ0n) is 10.8. The predicted molar refractivity (Wildman–Crippen MR) is 73.2 cm³/mol. The molecule has 2 rings (SSSR count). The summed E-state index contributed by atoms with van der Waals surface area (Å²) in [5.74, 6) is -0.965. The van der Waals surface area contributed by atoms with Crippen molar-refractivity contribution in [2.75, 3.05) is 6.54 Å². The molecule has 19 heavy (non-hydrogen) atoms. The van der Waals surface area contributed by atoms with Gasteiger partial charge in [-0.15, -0.1) is 0 Å². The number of aromatic nitrogens is 1. The molecule has 5 nitrogen and oxygen atoms in total. The number of nitrogens with two attached hydrogens (primary N) is 1. The van der Waals surface area contributed by atoms with Crippen LogP contribution >= 0.6 is 0 Å². The molecule has 0 radical (unpaired) electrons. The number of aliphatic hydroxyl groups is 1. The van der Waals surface area contributed by atoms with E-state index in [0.29, 0.717) is 6.54 Å². The summed E-state index contributed by atoms with van der Waals surface area (Å²) in [4.78, 5) is 11.0. The van der Waals surface area contributed by atoms with E-state index in [1.807, 2.05) is 10.8 Å². The van der Waals surface area contributed by atoms with Crippen molar-refractivity contribution in [2.24, 2.45) is 5.73 Å². The van der Waals surface area contributed by atoms with Crippen LogP contribution in [0.15, 0.2) is 24.4 Å². The minimum Gasteiger partial charge on any atom is -0.478 e. The summed E-state index contributed by atoms with van der Waals surface area (Å²) in [6, 6.07) is 4.97. The second-order valence-corrected chi connectivity index (χ2v) is 4.63. The lowest BCUT2D eigenvalue weighted by molar-refractivity contribution is 0.0697. The Morgan fingerprint density at radius 2 is 2.21 bits per heavy atom. The summed E-state index contributed by atoms with van der Waals surface area (Å²) >= 11 is 0. The molecule has 0 aliphatic heterocycles. The summed E-state index contributed by atoms with van der Waals surface area (Å²) in [5.41, 5.74) is 7.41. The molecule has 1 aromatic heterocycles. The second-order valence-electron chi connectivity index (χ2n) is 4.63. The van der Waals surface area contributed by atoms with E-state index in [1.165, 1.54) is 0 Å². The number of fused-ring (bicyclic) bond motifs is 1. The average Bonchev–Trinajstić information content (AvgIpc) is 2.74. The van der Waals surface area contributed by atoms with Gasteiger partial charge in [0.25, 0.3) is 0 Å². The smallest absolute Gasteiger partial charge is 0.335 e. The highest BCUT2D eigenvalue weighted by atomic mass is 16.4. The molecule has 102 valence electrons. The zero-order chi connectivity index (χ0) is 14.0. The maximum atomic E-state index is 11.0. The van der Waals surface area contributed by atoms with E-state index in [4.69, 9.17) is 10.8 Å². The fourth-order valence-electron chi connectivity index (χ4n) is 2.24. The minimum atomic E-state index is -0.965. The molecular formula is C14H18N2O3. The Morgan fingerprint density at radius 1 is 1.47 bits per heavy atom. The van der Waals surface area contributed by atoms with E-state index in [1.54, 1.807) is 25.1 Å². The first-order valence-corrected chi connectivity index (χ1v) is 6.28. The molecule has 5 heteroatoms. The lowest BCUT2D eigenvalue weighted by atomic mass is 10.1. The highest BCUT2D eigenvalue weighted by Gasteiger charge is 2.14. The lowest BCUT2D eigenvalue weighted by Crippen LogP contribution is -2.05. The van der Waals surface area contributed by atoms with E-state index in [2.05, 4.69) is 0 Å². The largest absolute Gasteiger partial charge is 0.478 e. The SMILES string of the molecule is CC(O)c1cn(CCCN)c2ccc(C(=O)O)cc12. The van der Waals surface area contributed by atoms with Gasteiger partial charge in [0, 0.05) is 29.2 Å². The summed E-state index contributed by atoms with van der Waals surface area (Å²) in [7, 11) is 0. The third-order valence-corrected chi connectivity index (χ3v) is 3.21. The first kappa shape index (κ1) is 13.6. The van der Waals surface area contributed by atoms with Crippen LogP contribution < -0.4 is 5.73 Å². The highest BCUT2D eigenvalue weighted by Crippen LogP contribution is 2.27. The van der Waals surface area contributed by atoms with Crippen LogP contribution in [0.2, 0.25) is 0 Å². The van der Waals surface area contributed by atoms with Crippen LogP contribution in [-0.2, 0) is 6.54 Å². The third-order valence-electron chi connectivity index (χ3n) is 3.21. The standard InChI is InChI=1S/C14H18N2O3/c1-9(17)12-8-16(6-2-5-15)13-4-3-10(14(18)19)7-11(12)13/h3-4,7-9,17H,2,5-6,15H2,1H3,(H,18,19). The van der Waals surface area contributed by atoms with Crippen LogP contribution in [0, 0.1) is 0 Å². The Labute approximate surface area is 111 Å². The van der Waals surface area contributed by atoms with Gasteiger partial charge in [-0.1, -0.05) is 0 Å². The van der Waals surface area contributed by atoms with Gasteiger partial charge in [-0.05, 0) is 38.1 Å². The number of aryl methyl sites for hydroxylation is 1. The van der Waals surface area contributed by atoms with Crippen LogP contribution in [0.4, 0.5) is 0 Å². The summed E-state index contributed by atoms with van der Waals surface area (Å²) < 4.78 is 2.01. The van der Waals surface area contributed by atoms with Gasteiger partial charge < -0.3 is 20.5 Å². The molecule has 0 spiro atoms. The molecule has 0 aliphatic rings. The molecule has 1 unspecified atom stereocenters. The van der Waals surface area contributed by atoms with Crippen molar-refractivity contribution in [2.45, 2.75) is 26.0 Å². The molecule has 4 N–H and O–H groups in total. The molecule has 0 saturated carbocycles. The molecule has 0 saturated heterocycles. The van der Waals surface area contributed by atoms with Crippen LogP contribution in [0.5, 0.6) is 0 Å². The minimum absolute atomic E-state index is 0.228. The number of nitrogens with zero attached hydrogens (tertiary/aromatic N) is 1. The van der Waals surface area contributed by atoms with Gasteiger partial charge in [-0.3, -0.25) is 0 Å². The zero-order valence-corrected chi connectivity index (χ0v) is 10.8. The van der Waals surface area contributed by atoms with Gasteiger partial charge in [0.15, 0.2) is 0 Å². The fraction of sp³-hybridized carbons (Fsp3) is 0.357. The van der Waals surface area contributed by atoms with Crippen LogP contribution in [0.1, 0.15) is 35.4 Å². The van der Waals surface area contributed by atoms with Crippen molar-refractivity contribution in [1.82, 2.24) is 4.57 Å². The molecule has 1 aromatic carbocycles. The van der Waals surface area contributed by atoms with E-state index in [9.17, 15) is 9.90 Å². The maximum Gasteiger partial charge on any atom is 0.335 e. The van der Waals surface area contributed by atoms with Crippen molar-refractivity contribution in [3.63, 3.8) is 0 Å². The molecule has 2 aromatic rings. The quantitative estimate of drug-likeness (QED) is 0.765. The maximum absolute atomic E-state index is 11.0. The number of rotatable bonds is 5. The molecular weight excluding hydrogens is 244 g/mol. The lowest BCUT2D eigenvalue weighted by Gasteiger charge is -2.04. The van der Waals surface area contributed by atoms with Crippen molar-refractivity contribution in [1.29, 1.82) is 0 Å². The predicted octanol–water partition coefficient (Wildman–Crippen LogP) is 1.74. The first-order valence-electron chi connectivity index (χ1n) is 6.28. The Morgan fingerprint density at radius 3 is 2.79 bits per heavy atom. The topological polar surface area (TPSA) is 88.5 Å². The number of benzene rings is 1. The number of carboxylic acids is 1. The molecule has 0 bridgehead atoms. The molecule has 1 atom stereocenters. The highest BCUT2D eigenvalue weighted by molar-refractivity contribution is 5.95. The van der Waals surface area contributed by atoms with Crippen molar-refractivity contribution in [3.05, 3.63) is 35.5 Å². The molecule has 0 aliphatic carbocycles. The third kappa shape index (κ3) is 2.62. The molecule has 0 fully saturated rings. The number of hydrogen-bond donors (Lipinski definition) is 3. The van der Waals surface area contributed by atoms with E-state index in [0.717, 1.165) is 29.4 Å². The van der Waals surface area contributed by atoms with E-state index >= 15 is 0 Å². The molecule has 0 amide bonds. The van der Waals surface area contributed by atoms with E-state index in [-0.39, 0.29) is 5.56 Å². The van der Waals surface area contributed by atoms with Crippen LogP contribution in [0.25, 0.3) is 10.9 Å². The van der Waals surface area contributed by atoms with Gasteiger partial charge in [0.2, 0.25) is 0 Å². The Hall–Kier alpha value is -1.85. The Bertz CT molecular complexity index is 602. The van der Waals surface area contributed by atoms with Crippen LogP contribution in [0.3, 0.4) is 0 Å². The van der Waals surface area contributed by atoms with Gasteiger partial charge in [-0.2, -0.15) is 0 Å². The molecule has 1 heterocycles. The summed E-state index contributed by atoms with van der Waals surface area (Å²) in [5, 5.41) is 19.6. The Kier molecular flexibility index (Phi) is 3.87. The monoisotopic (exact) mass is 262 g/mol. The normalized spacial score (nSPS) is 12.8. The second kappa shape index (κ2) is 5.42. The van der Waals surface area contributed by atoms with E-state index < -0.39 is 12.1 Å². The number of carboxylic acid groups (broad SMARTS) is 1. The summed E-state index contributed by atoms with van der Waals surface area (Å²) in [6.07, 6.45) is 2.08. The summed E-state index contributed by atoms with van der Waals surface area (Å²) in [6.45, 7) is 3.03. The van der Waals surface area contributed by atoms with Gasteiger partial charge in [-0.25, -0.2) is 4.79 Å². The van der Waals surface area contributed by atoms with Crippen LogP contribution in [-0.4, -0.2) is 27.3 Å². The van der Waals surface area contributed by atoms with Gasteiger partial charge in [0.1, 0.15) is 0 Å². The van der Waals surface area contributed by atoms with Gasteiger partial charge in [0.05, 0.1) is 11.7 Å². The van der Waals surface area contributed by atoms with Crippen molar-refractivity contribution >= 4 is 16.9 Å². The fourth-order valence-corrected chi connectivity index (χ4v) is 2.24. The number of hydrogen-bond acceptors (Lipinski definition) is 3. The van der Waals surface area contributed by atoms with Crippen molar-refractivity contribution in [3.8, 4) is 0 Å². The van der Waals surface area contributed by atoms with Gasteiger partial charge >= 0.3 is 5.97 Å². The average molecular weight is 262 g/mol.